The molecule has 0 saturated heterocycles. The second-order valence-corrected chi connectivity index (χ2v) is 25.0. The maximum absolute atomic E-state index is 12.5. The highest BCUT2D eigenvalue weighted by atomic mass is 16.5. The molecule has 0 atom stereocenters. The molecule has 0 aliphatic rings. The summed E-state index contributed by atoms with van der Waals surface area (Å²) in [4.78, 5) is 0. The van der Waals surface area contributed by atoms with Gasteiger partial charge in [0.2, 0.25) is 0 Å². The van der Waals surface area contributed by atoms with Crippen molar-refractivity contribution in [2.45, 2.75) is 132 Å². The topological polar surface area (TPSA) is 68.8 Å². The molecule has 6 nitrogen and oxygen atoms in total. The average molecular weight is 1010 g/mol. The minimum absolute atomic E-state index is 0. The number of aryl methyl sites for hydroxylation is 2. The Labute approximate surface area is 451 Å². The maximum Gasteiger partial charge on any atom is 0.147 e. The fourth-order valence-electron chi connectivity index (χ4n) is 10.8. The Hall–Kier alpha value is -7.44. The molecule has 0 aliphatic heterocycles. The van der Waals surface area contributed by atoms with Crippen LogP contribution in [-0.2, 0) is 21.7 Å². The van der Waals surface area contributed by atoms with Crippen molar-refractivity contribution in [2.75, 3.05) is 13.2 Å². The second-order valence-electron chi connectivity index (χ2n) is 25.0. The summed E-state index contributed by atoms with van der Waals surface area (Å²) in [5.74, 6) is 1.76. The zero-order chi connectivity index (χ0) is 53.5. The Kier molecular flexibility index (Phi) is 13.8. The monoisotopic (exact) mass is 1010 g/mol. The van der Waals surface area contributed by atoms with Crippen LogP contribution in [0.25, 0.3) is 77.2 Å². The van der Waals surface area contributed by atoms with Crippen molar-refractivity contribution >= 4 is 43.6 Å². The van der Waals surface area contributed by atoms with Gasteiger partial charge in [-0.3, -0.25) is 0 Å². The van der Waals surface area contributed by atoms with Crippen LogP contribution in [0.3, 0.4) is 0 Å². The SMILES string of the molecule is C.Cc1cc(-c2ccccc2OCCCOc2ccccc2-c2cc(C)cc(-n3c4ccc(C(C)(C)C)cc4c4cc(C(C)(C)C)ccc43)c2O)c(O)c(-n2c3ccc(C(C)(C)C)cc3c3cc(C(C)(C)C)ccc32)c1. The molecule has 0 aliphatic carbocycles. The van der Waals surface area contributed by atoms with Crippen LogP contribution in [0.5, 0.6) is 23.0 Å². The highest BCUT2D eigenvalue weighted by Gasteiger charge is 2.26. The van der Waals surface area contributed by atoms with Gasteiger partial charge in [0, 0.05) is 50.2 Å². The number of aromatic hydroxyl groups is 2. The molecular formula is C70H78N2O4. The summed E-state index contributed by atoms with van der Waals surface area (Å²) in [6.45, 7) is 32.0. The molecule has 10 rings (SSSR count). The van der Waals surface area contributed by atoms with Gasteiger partial charge in [-0.05, 0) is 154 Å². The van der Waals surface area contributed by atoms with Crippen LogP contribution < -0.4 is 9.47 Å². The normalized spacial score (nSPS) is 12.5. The fourth-order valence-corrected chi connectivity index (χ4v) is 10.8. The Morgan fingerprint density at radius 1 is 0.368 bits per heavy atom. The van der Waals surface area contributed by atoms with Crippen molar-refractivity contribution in [3.63, 3.8) is 0 Å². The van der Waals surface area contributed by atoms with Crippen LogP contribution in [0.15, 0.2) is 146 Å². The summed E-state index contributed by atoms with van der Waals surface area (Å²) in [5.41, 5.74) is 15.7. The first-order valence-electron chi connectivity index (χ1n) is 26.7. The van der Waals surface area contributed by atoms with E-state index < -0.39 is 0 Å². The van der Waals surface area contributed by atoms with E-state index >= 15 is 0 Å². The van der Waals surface area contributed by atoms with Crippen molar-refractivity contribution in [1.29, 1.82) is 0 Å². The van der Waals surface area contributed by atoms with Gasteiger partial charge in [-0.25, -0.2) is 0 Å². The van der Waals surface area contributed by atoms with Crippen molar-refractivity contribution < 1.29 is 19.7 Å². The molecule has 6 heteroatoms. The average Bonchev–Trinajstić information content (AvgIpc) is 3.88. The summed E-state index contributed by atoms with van der Waals surface area (Å²) in [5, 5.41) is 29.6. The Morgan fingerprint density at radius 3 is 0.947 bits per heavy atom. The predicted molar refractivity (Wildman–Crippen MR) is 322 cm³/mol. The first-order chi connectivity index (χ1) is 35.4. The van der Waals surface area contributed by atoms with E-state index in [4.69, 9.17) is 9.47 Å². The summed E-state index contributed by atoms with van der Waals surface area (Å²) >= 11 is 0. The molecule has 76 heavy (non-hydrogen) atoms. The van der Waals surface area contributed by atoms with Crippen LogP contribution in [0, 0.1) is 13.8 Å². The quantitative estimate of drug-likeness (QED) is 0.134. The maximum atomic E-state index is 12.5. The molecule has 0 saturated carbocycles. The highest BCUT2D eigenvalue weighted by Crippen LogP contribution is 2.47. The zero-order valence-corrected chi connectivity index (χ0v) is 46.6. The molecule has 0 bridgehead atoms. The zero-order valence-electron chi connectivity index (χ0n) is 46.6. The lowest BCUT2D eigenvalue weighted by Crippen LogP contribution is -2.10. The third-order valence-corrected chi connectivity index (χ3v) is 15.1. The molecule has 0 unspecified atom stereocenters. The van der Waals surface area contributed by atoms with Gasteiger partial charge in [-0.2, -0.15) is 0 Å². The molecule has 0 fully saturated rings. The largest absolute Gasteiger partial charge is 0.505 e. The van der Waals surface area contributed by atoms with Crippen molar-refractivity contribution in [3.05, 3.63) is 179 Å². The molecule has 0 spiro atoms. The number of nitrogens with zero attached hydrogens (tertiary/aromatic N) is 2. The third-order valence-electron chi connectivity index (χ3n) is 15.1. The van der Waals surface area contributed by atoms with Crippen LogP contribution in [-0.4, -0.2) is 32.6 Å². The molecule has 2 heterocycles. The van der Waals surface area contributed by atoms with Gasteiger partial charge >= 0.3 is 0 Å². The van der Waals surface area contributed by atoms with Gasteiger partial charge in [0.15, 0.2) is 0 Å². The van der Waals surface area contributed by atoms with Crippen LogP contribution in [0.1, 0.15) is 130 Å². The van der Waals surface area contributed by atoms with E-state index in [1.54, 1.807) is 0 Å². The molecular weight excluding hydrogens is 933 g/mol. The van der Waals surface area contributed by atoms with E-state index in [-0.39, 0.29) is 40.6 Å². The van der Waals surface area contributed by atoms with E-state index in [1.807, 2.05) is 60.7 Å². The molecule has 8 aromatic carbocycles. The molecule has 392 valence electrons. The first-order valence-corrected chi connectivity index (χ1v) is 26.7. The fraction of sp³-hybridized carbons (Fsp3) is 0.314. The number of phenols is 2. The van der Waals surface area contributed by atoms with E-state index in [2.05, 4.69) is 191 Å². The number of hydrogen-bond donors (Lipinski definition) is 2. The number of benzene rings is 8. The van der Waals surface area contributed by atoms with Gasteiger partial charge < -0.3 is 28.8 Å². The minimum Gasteiger partial charge on any atom is -0.505 e. The molecule has 0 amide bonds. The number of rotatable bonds is 10. The van der Waals surface area contributed by atoms with Gasteiger partial charge in [0.05, 0.1) is 46.7 Å². The van der Waals surface area contributed by atoms with Crippen molar-refractivity contribution in [2.24, 2.45) is 0 Å². The van der Waals surface area contributed by atoms with E-state index in [9.17, 15) is 10.2 Å². The van der Waals surface area contributed by atoms with E-state index in [0.717, 1.165) is 55.7 Å². The number of fused-ring (bicyclic) bond motifs is 6. The van der Waals surface area contributed by atoms with E-state index in [1.165, 1.54) is 43.8 Å². The van der Waals surface area contributed by atoms with Gasteiger partial charge in [-0.15, -0.1) is 0 Å². The van der Waals surface area contributed by atoms with Gasteiger partial charge in [0.25, 0.3) is 0 Å². The molecule has 2 N–H and O–H groups in total. The third kappa shape index (κ3) is 9.83. The Balaban J connectivity index is 0.00000706. The van der Waals surface area contributed by atoms with Crippen molar-refractivity contribution in [3.8, 4) is 56.6 Å². The first kappa shape index (κ1) is 53.4. The summed E-state index contributed by atoms with van der Waals surface area (Å²) in [6.07, 6.45) is 0.599. The highest BCUT2D eigenvalue weighted by molar-refractivity contribution is 6.11. The Bertz CT molecular complexity index is 3440. The van der Waals surface area contributed by atoms with Crippen LogP contribution >= 0.6 is 0 Å². The lowest BCUT2D eigenvalue weighted by molar-refractivity contribution is 0.248. The summed E-state index contributed by atoms with van der Waals surface area (Å²) in [7, 11) is 0. The Morgan fingerprint density at radius 2 is 0.658 bits per heavy atom. The summed E-state index contributed by atoms with van der Waals surface area (Å²) in [6, 6.07) is 51.2. The lowest BCUT2D eigenvalue weighted by Gasteiger charge is -2.20. The summed E-state index contributed by atoms with van der Waals surface area (Å²) < 4.78 is 17.6. The lowest BCUT2D eigenvalue weighted by atomic mass is 9.85. The van der Waals surface area contributed by atoms with Crippen molar-refractivity contribution in [1.82, 2.24) is 9.13 Å². The van der Waals surface area contributed by atoms with Gasteiger partial charge in [0.1, 0.15) is 23.0 Å². The number of ether oxygens (including phenoxy) is 2. The number of hydrogen-bond acceptors (Lipinski definition) is 4. The number of phenolic OH excluding ortho intramolecular Hbond substituents is 2. The van der Waals surface area contributed by atoms with Gasteiger partial charge in [-0.1, -0.05) is 151 Å². The molecule has 10 aromatic rings. The molecule has 2 aromatic heterocycles. The van der Waals surface area contributed by atoms with Crippen LogP contribution in [0.4, 0.5) is 0 Å². The standard InChI is InChI=1S/C69H74N2O4.CH4/c1-42-34-54(64(72)60(36-42)70-56-28-24-44(66(3,4)5)38-50(56)51-39-45(67(6,7)8)25-29-57(51)70)48-20-15-17-22-62(48)74-32-19-33-75-63-23-18-16-21-49(63)55-35-43(2)37-61(65(55)73)71-58-30-26-46(68(9,10)11)40-52(58)53-41-47(69(12,13)14)27-31-59(53)71;/h15-18,20-31,34-41,72-73H,19,32-33H2,1-14H3;1H4. The number of aromatic nitrogens is 2. The van der Waals surface area contributed by atoms with E-state index in [0.29, 0.717) is 42.3 Å². The predicted octanol–water partition coefficient (Wildman–Crippen LogP) is 18.9. The smallest absolute Gasteiger partial charge is 0.147 e. The minimum atomic E-state index is -0.0236. The number of para-hydroxylation sites is 2. The second kappa shape index (κ2) is 19.6. The van der Waals surface area contributed by atoms with Crippen LogP contribution in [0.2, 0.25) is 0 Å². The molecule has 0 radical (unpaired) electrons.